The van der Waals surface area contributed by atoms with Crippen LogP contribution in [0.1, 0.15) is 20.3 Å². The van der Waals surface area contributed by atoms with Crippen LogP contribution < -0.4 is 20.1 Å². The quantitative estimate of drug-likeness (QED) is 0.574. The Morgan fingerprint density at radius 2 is 1.91 bits per heavy atom. The van der Waals surface area contributed by atoms with Crippen LogP contribution in [0.2, 0.25) is 0 Å². The normalized spacial score (nSPS) is 12.7. The lowest BCUT2D eigenvalue weighted by Crippen LogP contribution is -2.38. The molecule has 0 aromatic heterocycles. The van der Waals surface area contributed by atoms with Gasteiger partial charge in [-0.1, -0.05) is 0 Å². The number of sulfonamides is 1. The molecule has 0 aliphatic heterocycles. The first-order chi connectivity index (χ1) is 10.9. The Balaban J connectivity index is 2.44. The van der Waals surface area contributed by atoms with E-state index < -0.39 is 10.0 Å². The number of hydrogen-bond donors (Lipinski definition) is 3. The number of nitrogens with one attached hydrogen (secondary N) is 3. The van der Waals surface area contributed by atoms with Crippen molar-refractivity contribution >= 4 is 15.9 Å². The predicted octanol–water partition coefficient (Wildman–Crippen LogP) is 0.478. The van der Waals surface area contributed by atoms with Crippen molar-refractivity contribution in [2.24, 2.45) is 0 Å². The van der Waals surface area contributed by atoms with Gasteiger partial charge in [0.25, 0.3) is 0 Å². The SMILES string of the molecule is CCOc1ccc(S(=O)(=O)NCCC(=O)NCC(C)NC)cc1. The third-order valence-electron chi connectivity index (χ3n) is 3.19. The number of carbonyl (C=O) groups is 1. The lowest BCUT2D eigenvalue weighted by Gasteiger charge is -2.12. The van der Waals surface area contributed by atoms with E-state index >= 15 is 0 Å². The molecule has 23 heavy (non-hydrogen) atoms. The number of amides is 1. The molecule has 0 aliphatic carbocycles. The summed E-state index contributed by atoms with van der Waals surface area (Å²) >= 11 is 0. The maximum Gasteiger partial charge on any atom is 0.240 e. The summed E-state index contributed by atoms with van der Waals surface area (Å²) in [6.45, 7) is 4.87. The largest absolute Gasteiger partial charge is 0.494 e. The van der Waals surface area contributed by atoms with Gasteiger partial charge in [0.15, 0.2) is 0 Å². The summed E-state index contributed by atoms with van der Waals surface area (Å²) in [5.74, 6) is 0.422. The highest BCUT2D eigenvalue weighted by Gasteiger charge is 2.14. The van der Waals surface area contributed by atoms with Crippen LogP contribution in [-0.4, -0.2) is 47.1 Å². The molecule has 0 radical (unpaired) electrons. The fourth-order valence-electron chi connectivity index (χ4n) is 1.72. The van der Waals surface area contributed by atoms with Crippen LogP contribution in [0.3, 0.4) is 0 Å². The molecule has 0 aliphatic rings. The van der Waals surface area contributed by atoms with E-state index in [1.807, 2.05) is 20.9 Å². The van der Waals surface area contributed by atoms with E-state index in [9.17, 15) is 13.2 Å². The van der Waals surface area contributed by atoms with Crippen molar-refractivity contribution in [3.8, 4) is 5.75 Å². The Hall–Kier alpha value is -1.64. The van der Waals surface area contributed by atoms with Gasteiger partial charge in [0, 0.05) is 25.6 Å². The minimum absolute atomic E-state index is 0.0509. The molecular weight excluding hydrogens is 318 g/mol. The van der Waals surface area contributed by atoms with Crippen molar-refractivity contribution in [2.45, 2.75) is 31.2 Å². The lowest BCUT2D eigenvalue weighted by atomic mass is 10.3. The first-order valence-electron chi connectivity index (χ1n) is 7.55. The second-order valence-electron chi connectivity index (χ2n) is 5.05. The Labute approximate surface area is 137 Å². The first kappa shape index (κ1) is 19.4. The standard InChI is InChI=1S/C15H25N3O4S/c1-4-22-13-5-7-14(8-6-13)23(20,21)18-10-9-15(19)17-11-12(2)16-3/h5-8,12,16,18H,4,9-11H2,1-3H3,(H,17,19). The molecule has 8 heteroatoms. The Bertz CT molecular complexity index is 587. The molecule has 0 bridgehead atoms. The van der Waals surface area contributed by atoms with Gasteiger partial charge in [-0.15, -0.1) is 0 Å². The lowest BCUT2D eigenvalue weighted by molar-refractivity contribution is -0.121. The molecule has 1 atom stereocenters. The molecule has 0 fully saturated rings. The van der Waals surface area contributed by atoms with E-state index in [1.54, 1.807) is 12.1 Å². The first-order valence-corrected chi connectivity index (χ1v) is 9.04. The van der Waals surface area contributed by atoms with E-state index in [2.05, 4.69) is 15.4 Å². The van der Waals surface area contributed by atoms with Gasteiger partial charge < -0.3 is 15.4 Å². The van der Waals surface area contributed by atoms with E-state index in [-0.39, 0.29) is 29.8 Å². The second-order valence-corrected chi connectivity index (χ2v) is 6.81. The van der Waals surface area contributed by atoms with Crippen LogP contribution in [0.25, 0.3) is 0 Å². The number of hydrogen-bond acceptors (Lipinski definition) is 5. The van der Waals surface area contributed by atoms with Crippen molar-refractivity contribution in [1.82, 2.24) is 15.4 Å². The highest BCUT2D eigenvalue weighted by Crippen LogP contribution is 2.15. The summed E-state index contributed by atoms with van der Waals surface area (Å²) in [6, 6.07) is 6.32. The van der Waals surface area contributed by atoms with Crippen molar-refractivity contribution in [2.75, 3.05) is 26.7 Å². The van der Waals surface area contributed by atoms with Crippen LogP contribution in [0.4, 0.5) is 0 Å². The van der Waals surface area contributed by atoms with Gasteiger partial charge >= 0.3 is 0 Å². The fourth-order valence-corrected chi connectivity index (χ4v) is 2.75. The average Bonchev–Trinajstić information content (AvgIpc) is 2.53. The fraction of sp³-hybridized carbons (Fsp3) is 0.533. The summed E-state index contributed by atoms with van der Waals surface area (Å²) in [5, 5.41) is 5.73. The minimum atomic E-state index is -3.62. The maximum atomic E-state index is 12.1. The number of carbonyl (C=O) groups excluding carboxylic acids is 1. The van der Waals surface area contributed by atoms with Crippen LogP contribution >= 0.6 is 0 Å². The number of rotatable bonds is 10. The molecule has 1 amide bonds. The van der Waals surface area contributed by atoms with Crippen LogP contribution in [0.15, 0.2) is 29.2 Å². The van der Waals surface area contributed by atoms with E-state index in [0.29, 0.717) is 18.9 Å². The van der Waals surface area contributed by atoms with Gasteiger partial charge in [-0.05, 0) is 45.2 Å². The number of likely N-dealkylation sites (N-methyl/N-ethyl adjacent to an activating group) is 1. The zero-order valence-corrected chi connectivity index (χ0v) is 14.6. The Morgan fingerprint density at radius 3 is 2.48 bits per heavy atom. The van der Waals surface area contributed by atoms with Gasteiger partial charge in [0.05, 0.1) is 11.5 Å². The molecule has 0 spiro atoms. The van der Waals surface area contributed by atoms with Crippen molar-refractivity contribution in [1.29, 1.82) is 0 Å². The van der Waals surface area contributed by atoms with Crippen LogP contribution in [0, 0.1) is 0 Å². The monoisotopic (exact) mass is 343 g/mol. The van der Waals surface area contributed by atoms with Crippen molar-refractivity contribution in [3.05, 3.63) is 24.3 Å². The molecule has 1 aromatic rings. The Kier molecular flexibility index (Phi) is 8.01. The average molecular weight is 343 g/mol. The van der Waals surface area contributed by atoms with Crippen LogP contribution in [-0.2, 0) is 14.8 Å². The molecule has 1 aromatic carbocycles. The molecule has 130 valence electrons. The highest BCUT2D eigenvalue weighted by atomic mass is 32.2. The zero-order chi connectivity index (χ0) is 17.3. The molecule has 3 N–H and O–H groups in total. The van der Waals surface area contributed by atoms with E-state index in [4.69, 9.17) is 4.74 Å². The third-order valence-corrected chi connectivity index (χ3v) is 4.66. The molecule has 1 rings (SSSR count). The second kappa shape index (κ2) is 9.49. The molecule has 0 saturated carbocycles. The molecule has 7 nitrogen and oxygen atoms in total. The van der Waals surface area contributed by atoms with Crippen molar-refractivity contribution < 1.29 is 17.9 Å². The molecule has 0 heterocycles. The van der Waals surface area contributed by atoms with Crippen LogP contribution in [0.5, 0.6) is 5.75 Å². The number of ether oxygens (including phenoxy) is 1. The number of benzene rings is 1. The minimum Gasteiger partial charge on any atom is -0.494 e. The summed E-state index contributed by atoms with van der Waals surface area (Å²) in [7, 11) is -1.81. The van der Waals surface area contributed by atoms with Gasteiger partial charge in [0.1, 0.15) is 5.75 Å². The van der Waals surface area contributed by atoms with E-state index in [0.717, 1.165) is 0 Å². The third kappa shape index (κ3) is 6.98. The molecular formula is C15H25N3O4S. The summed E-state index contributed by atoms with van der Waals surface area (Å²) in [6.07, 6.45) is 0.0900. The summed E-state index contributed by atoms with van der Waals surface area (Å²) in [4.78, 5) is 11.8. The van der Waals surface area contributed by atoms with Gasteiger partial charge in [0.2, 0.25) is 15.9 Å². The van der Waals surface area contributed by atoms with Gasteiger partial charge in [-0.25, -0.2) is 13.1 Å². The highest BCUT2D eigenvalue weighted by molar-refractivity contribution is 7.89. The predicted molar refractivity (Wildman–Crippen MR) is 88.9 cm³/mol. The Morgan fingerprint density at radius 1 is 1.26 bits per heavy atom. The van der Waals surface area contributed by atoms with Gasteiger partial charge in [-0.3, -0.25) is 4.79 Å². The maximum absolute atomic E-state index is 12.1. The summed E-state index contributed by atoms with van der Waals surface area (Å²) < 4.78 is 31.9. The van der Waals surface area contributed by atoms with E-state index in [1.165, 1.54) is 12.1 Å². The molecule has 0 saturated heterocycles. The topological polar surface area (TPSA) is 96.5 Å². The zero-order valence-electron chi connectivity index (χ0n) is 13.8. The smallest absolute Gasteiger partial charge is 0.240 e. The molecule has 1 unspecified atom stereocenters. The summed E-state index contributed by atoms with van der Waals surface area (Å²) in [5.41, 5.74) is 0. The van der Waals surface area contributed by atoms with Crippen molar-refractivity contribution in [3.63, 3.8) is 0 Å². The van der Waals surface area contributed by atoms with Gasteiger partial charge in [-0.2, -0.15) is 0 Å².